The predicted octanol–water partition coefficient (Wildman–Crippen LogP) is 3.23. The molecular weight excluding hydrogens is 231 g/mol. The van der Waals surface area contributed by atoms with Crippen molar-refractivity contribution in [1.29, 1.82) is 0 Å². The lowest BCUT2D eigenvalue weighted by Crippen LogP contribution is -2.41. The first-order valence-electron chi connectivity index (χ1n) is 5.50. The Morgan fingerprint density at radius 1 is 1.24 bits per heavy atom. The van der Waals surface area contributed by atoms with Crippen LogP contribution in [0.15, 0.2) is 24.3 Å². The number of methoxy groups -OCH3 is 1. The normalized spacial score (nSPS) is 20.7. The molecule has 0 unspecified atom stereocenters. The molecule has 0 saturated carbocycles. The molecule has 0 aliphatic carbocycles. The molecule has 17 heavy (non-hydrogen) atoms. The maximum absolute atomic E-state index is 12.8. The molecule has 2 rings (SSSR count). The van der Waals surface area contributed by atoms with Crippen molar-refractivity contribution in [2.24, 2.45) is 0 Å². The van der Waals surface area contributed by atoms with Gasteiger partial charge in [0.25, 0.3) is 0 Å². The minimum absolute atomic E-state index is 0.176. The number of hydrogen-bond acceptors (Lipinski definition) is 2. The van der Waals surface area contributed by atoms with Gasteiger partial charge in [-0.2, -0.15) is 13.2 Å². The van der Waals surface area contributed by atoms with E-state index < -0.39 is 12.2 Å². The van der Waals surface area contributed by atoms with Gasteiger partial charge >= 0.3 is 6.18 Å². The van der Waals surface area contributed by atoms with E-state index in [4.69, 9.17) is 4.74 Å². The summed E-state index contributed by atoms with van der Waals surface area (Å²) in [5.41, 5.74) is 0.602. The predicted molar refractivity (Wildman–Crippen MR) is 59.4 cm³/mol. The summed E-state index contributed by atoms with van der Waals surface area (Å²) in [4.78, 5) is 1.42. The van der Waals surface area contributed by atoms with E-state index in [-0.39, 0.29) is 6.42 Å². The Morgan fingerprint density at radius 2 is 1.88 bits per heavy atom. The van der Waals surface area contributed by atoms with Gasteiger partial charge < -0.3 is 9.64 Å². The van der Waals surface area contributed by atoms with E-state index in [0.717, 1.165) is 0 Å². The van der Waals surface area contributed by atoms with Crippen molar-refractivity contribution in [3.05, 3.63) is 24.3 Å². The average molecular weight is 245 g/mol. The molecule has 1 aliphatic rings. The molecule has 0 spiro atoms. The summed E-state index contributed by atoms with van der Waals surface area (Å²) in [5, 5.41) is 0. The van der Waals surface area contributed by atoms with Crippen LogP contribution in [-0.2, 0) is 0 Å². The summed E-state index contributed by atoms with van der Waals surface area (Å²) in [5.74, 6) is 0.650. The third-order valence-corrected chi connectivity index (χ3v) is 3.03. The number of nitrogens with zero attached hydrogens (tertiary/aromatic N) is 1. The largest absolute Gasteiger partial charge is 0.497 e. The van der Waals surface area contributed by atoms with Crippen molar-refractivity contribution in [2.75, 3.05) is 18.6 Å². The third kappa shape index (κ3) is 2.48. The van der Waals surface area contributed by atoms with Gasteiger partial charge in [-0.05, 0) is 37.1 Å². The van der Waals surface area contributed by atoms with Gasteiger partial charge in [0.2, 0.25) is 0 Å². The molecule has 0 amide bonds. The van der Waals surface area contributed by atoms with Gasteiger partial charge in [0.1, 0.15) is 11.8 Å². The van der Waals surface area contributed by atoms with Gasteiger partial charge in [-0.25, -0.2) is 0 Å². The smallest absolute Gasteiger partial charge is 0.408 e. The molecule has 0 radical (unpaired) electrons. The van der Waals surface area contributed by atoms with E-state index >= 15 is 0 Å². The zero-order valence-corrected chi connectivity index (χ0v) is 9.50. The van der Waals surface area contributed by atoms with E-state index in [1.54, 1.807) is 24.3 Å². The zero-order chi connectivity index (χ0) is 12.5. The molecule has 94 valence electrons. The van der Waals surface area contributed by atoms with Gasteiger partial charge in [-0.1, -0.05) is 0 Å². The number of hydrogen-bond donors (Lipinski definition) is 0. The summed E-state index contributed by atoms with van der Waals surface area (Å²) in [6.45, 7) is 0.455. The number of rotatable bonds is 2. The van der Waals surface area contributed by atoms with Crippen molar-refractivity contribution in [3.8, 4) is 5.75 Å². The van der Waals surface area contributed by atoms with Gasteiger partial charge in [-0.15, -0.1) is 0 Å². The van der Waals surface area contributed by atoms with Crippen molar-refractivity contribution in [1.82, 2.24) is 0 Å². The Labute approximate surface area is 98.0 Å². The van der Waals surface area contributed by atoms with E-state index in [0.29, 0.717) is 24.4 Å². The highest BCUT2D eigenvalue weighted by Gasteiger charge is 2.45. The van der Waals surface area contributed by atoms with Crippen molar-refractivity contribution in [3.63, 3.8) is 0 Å². The second kappa shape index (κ2) is 4.47. The summed E-state index contributed by atoms with van der Waals surface area (Å²) >= 11 is 0. The first kappa shape index (κ1) is 12.1. The summed E-state index contributed by atoms with van der Waals surface area (Å²) in [7, 11) is 1.53. The molecule has 0 bridgehead atoms. The van der Waals surface area contributed by atoms with Crippen molar-refractivity contribution in [2.45, 2.75) is 25.1 Å². The molecular formula is C12H14F3NO. The Morgan fingerprint density at radius 3 is 2.41 bits per heavy atom. The number of alkyl halides is 3. The fourth-order valence-electron chi connectivity index (χ4n) is 2.19. The van der Waals surface area contributed by atoms with Crippen LogP contribution in [0.1, 0.15) is 12.8 Å². The fourth-order valence-corrected chi connectivity index (χ4v) is 2.19. The summed E-state index contributed by atoms with van der Waals surface area (Å²) in [6, 6.07) is 5.35. The van der Waals surface area contributed by atoms with Gasteiger partial charge in [-0.3, -0.25) is 0 Å². The number of halogens is 3. The molecule has 1 atom stereocenters. The molecule has 1 fully saturated rings. The van der Waals surface area contributed by atoms with Crippen LogP contribution >= 0.6 is 0 Å². The Bertz CT molecular complexity index is 374. The summed E-state index contributed by atoms with van der Waals surface area (Å²) < 4.78 is 43.3. The highest BCUT2D eigenvalue weighted by Crippen LogP contribution is 2.36. The van der Waals surface area contributed by atoms with E-state index in [1.807, 2.05) is 0 Å². The molecule has 1 heterocycles. The average Bonchev–Trinajstić information content (AvgIpc) is 2.78. The fraction of sp³-hybridized carbons (Fsp3) is 0.500. The summed E-state index contributed by atoms with van der Waals surface area (Å²) in [6.07, 6.45) is -3.40. The van der Waals surface area contributed by atoms with Crippen LogP contribution in [0.2, 0.25) is 0 Å². The van der Waals surface area contributed by atoms with Crippen LogP contribution in [0.3, 0.4) is 0 Å². The third-order valence-electron chi connectivity index (χ3n) is 3.03. The minimum Gasteiger partial charge on any atom is -0.497 e. The lowest BCUT2D eigenvalue weighted by Gasteiger charge is -2.28. The van der Waals surface area contributed by atoms with Crippen molar-refractivity contribution < 1.29 is 17.9 Å². The first-order valence-corrected chi connectivity index (χ1v) is 5.50. The highest BCUT2D eigenvalue weighted by molar-refractivity contribution is 5.51. The van der Waals surface area contributed by atoms with Gasteiger partial charge in [0, 0.05) is 12.2 Å². The van der Waals surface area contributed by atoms with E-state index in [9.17, 15) is 13.2 Å². The standard InChI is InChI=1S/C12H14F3NO/c1-17-10-6-4-9(5-7-10)16-8-2-3-11(16)12(13,14)15/h4-7,11H,2-3,8H2,1H3/t11-/m1/s1. The topological polar surface area (TPSA) is 12.5 Å². The Hall–Kier alpha value is -1.39. The van der Waals surface area contributed by atoms with Crippen LogP contribution < -0.4 is 9.64 Å². The first-order chi connectivity index (χ1) is 8.02. The monoisotopic (exact) mass is 245 g/mol. The Balaban J connectivity index is 2.20. The highest BCUT2D eigenvalue weighted by atomic mass is 19.4. The molecule has 0 N–H and O–H groups in total. The van der Waals surface area contributed by atoms with Crippen LogP contribution in [0.25, 0.3) is 0 Å². The number of ether oxygens (including phenoxy) is 1. The zero-order valence-electron chi connectivity index (χ0n) is 9.50. The second-order valence-electron chi connectivity index (χ2n) is 4.09. The molecule has 2 nitrogen and oxygen atoms in total. The molecule has 0 aromatic heterocycles. The van der Waals surface area contributed by atoms with Gasteiger partial charge in [0.15, 0.2) is 0 Å². The second-order valence-corrected chi connectivity index (χ2v) is 4.09. The Kier molecular flexibility index (Phi) is 3.17. The molecule has 1 aromatic carbocycles. The lowest BCUT2D eigenvalue weighted by molar-refractivity contribution is -0.145. The van der Waals surface area contributed by atoms with Crippen LogP contribution in [-0.4, -0.2) is 25.9 Å². The number of anilines is 1. The lowest BCUT2D eigenvalue weighted by atomic mass is 10.2. The van der Waals surface area contributed by atoms with E-state index in [1.165, 1.54) is 12.0 Å². The number of benzene rings is 1. The SMILES string of the molecule is COc1ccc(N2CCC[C@@H]2C(F)(F)F)cc1. The van der Waals surface area contributed by atoms with Gasteiger partial charge in [0.05, 0.1) is 7.11 Å². The van der Waals surface area contributed by atoms with Crippen molar-refractivity contribution >= 4 is 5.69 Å². The molecule has 1 saturated heterocycles. The maximum Gasteiger partial charge on any atom is 0.408 e. The van der Waals surface area contributed by atoms with E-state index in [2.05, 4.69) is 0 Å². The van der Waals surface area contributed by atoms with Crippen LogP contribution in [0.4, 0.5) is 18.9 Å². The van der Waals surface area contributed by atoms with Crippen LogP contribution in [0, 0.1) is 0 Å². The molecule has 1 aromatic rings. The quantitative estimate of drug-likeness (QED) is 0.793. The maximum atomic E-state index is 12.8. The minimum atomic E-state index is -4.16. The molecule has 1 aliphatic heterocycles. The molecule has 5 heteroatoms. The van der Waals surface area contributed by atoms with Crippen LogP contribution in [0.5, 0.6) is 5.75 Å².